The number of anilines is 1. The van der Waals surface area contributed by atoms with Gasteiger partial charge in [0.1, 0.15) is 5.75 Å². The predicted molar refractivity (Wildman–Crippen MR) is 107 cm³/mol. The van der Waals surface area contributed by atoms with E-state index < -0.39 is 22.0 Å². The number of ether oxygens (including phenoxy) is 1. The predicted octanol–water partition coefficient (Wildman–Crippen LogP) is 4.01. The van der Waals surface area contributed by atoms with E-state index in [0.717, 1.165) is 0 Å². The molecule has 1 atom stereocenters. The molecule has 0 aromatic heterocycles. The van der Waals surface area contributed by atoms with Crippen LogP contribution in [0.15, 0.2) is 41.3 Å². The number of benzene rings is 2. The van der Waals surface area contributed by atoms with E-state index in [1.54, 1.807) is 19.1 Å². The maximum Gasteiger partial charge on any atom is 0.242 e. The highest BCUT2D eigenvalue weighted by atomic mass is 35.5. The highest BCUT2D eigenvalue weighted by molar-refractivity contribution is 7.89. The first kappa shape index (κ1) is 21.5. The maximum atomic E-state index is 12.5. The molecule has 0 bridgehead atoms. The smallest absolute Gasteiger partial charge is 0.242 e. The SMILES string of the molecule is CCOc1ccc(S(=O)(=O)N[C@@H](C)C(=O)Nc2ccc(Cl)c(Cl)c2)cc1C. The molecule has 0 radical (unpaired) electrons. The zero-order valence-electron chi connectivity index (χ0n) is 15.0. The van der Waals surface area contributed by atoms with E-state index in [4.69, 9.17) is 27.9 Å². The Morgan fingerprint density at radius 1 is 1.15 bits per heavy atom. The third-order valence-corrected chi connectivity index (χ3v) is 5.95. The van der Waals surface area contributed by atoms with Gasteiger partial charge in [-0.1, -0.05) is 23.2 Å². The number of hydrogen-bond donors (Lipinski definition) is 2. The summed E-state index contributed by atoms with van der Waals surface area (Å²) in [6.45, 7) is 5.53. The number of hydrogen-bond acceptors (Lipinski definition) is 4. The van der Waals surface area contributed by atoms with Crippen molar-refractivity contribution in [3.8, 4) is 5.75 Å². The number of carbonyl (C=O) groups excluding carboxylic acids is 1. The minimum Gasteiger partial charge on any atom is -0.494 e. The second-order valence-corrected chi connectivity index (χ2v) is 8.35. The molecule has 0 aliphatic heterocycles. The van der Waals surface area contributed by atoms with Crippen LogP contribution in [0.25, 0.3) is 0 Å². The molecule has 0 saturated heterocycles. The molecule has 0 unspecified atom stereocenters. The number of sulfonamides is 1. The molecule has 9 heteroatoms. The van der Waals surface area contributed by atoms with Crippen LogP contribution in [0.2, 0.25) is 10.0 Å². The second-order valence-electron chi connectivity index (χ2n) is 5.82. The van der Waals surface area contributed by atoms with Crippen molar-refractivity contribution in [3.05, 3.63) is 52.0 Å². The largest absolute Gasteiger partial charge is 0.494 e. The summed E-state index contributed by atoms with van der Waals surface area (Å²) in [5.41, 5.74) is 1.10. The van der Waals surface area contributed by atoms with Gasteiger partial charge >= 0.3 is 0 Å². The van der Waals surface area contributed by atoms with Crippen LogP contribution >= 0.6 is 23.2 Å². The van der Waals surface area contributed by atoms with E-state index in [9.17, 15) is 13.2 Å². The molecule has 2 rings (SSSR count). The summed E-state index contributed by atoms with van der Waals surface area (Å²) in [7, 11) is -3.88. The van der Waals surface area contributed by atoms with Crippen molar-refractivity contribution in [2.24, 2.45) is 0 Å². The van der Waals surface area contributed by atoms with Crippen LogP contribution in [0.5, 0.6) is 5.75 Å². The van der Waals surface area contributed by atoms with Crippen molar-refractivity contribution in [2.75, 3.05) is 11.9 Å². The lowest BCUT2D eigenvalue weighted by atomic mass is 10.2. The van der Waals surface area contributed by atoms with Gasteiger partial charge in [0.25, 0.3) is 0 Å². The van der Waals surface area contributed by atoms with Crippen LogP contribution in [0, 0.1) is 6.92 Å². The summed E-state index contributed by atoms with van der Waals surface area (Å²) in [5.74, 6) is 0.0847. The third kappa shape index (κ3) is 5.59. The minimum atomic E-state index is -3.88. The molecule has 1 amide bonds. The zero-order chi connectivity index (χ0) is 20.2. The van der Waals surface area contributed by atoms with Crippen LogP contribution in [-0.2, 0) is 14.8 Å². The van der Waals surface area contributed by atoms with Gasteiger partial charge in [0.05, 0.1) is 27.6 Å². The quantitative estimate of drug-likeness (QED) is 0.694. The normalized spacial score (nSPS) is 12.5. The average Bonchev–Trinajstić information content (AvgIpc) is 2.59. The Balaban J connectivity index is 2.10. The van der Waals surface area contributed by atoms with Gasteiger partial charge in [-0.2, -0.15) is 4.72 Å². The second kappa shape index (κ2) is 8.93. The van der Waals surface area contributed by atoms with Gasteiger partial charge in [-0.15, -0.1) is 0 Å². The maximum absolute atomic E-state index is 12.5. The van der Waals surface area contributed by atoms with E-state index >= 15 is 0 Å². The first-order valence-corrected chi connectivity index (χ1v) is 10.4. The van der Waals surface area contributed by atoms with Crippen molar-refractivity contribution in [3.63, 3.8) is 0 Å². The van der Waals surface area contributed by atoms with Gasteiger partial charge < -0.3 is 10.1 Å². The monoisotopic (exact) mass is 430 g/mol. The topological polar surface area (TPSA) is 84.5 Å². The molecule has 2 N–H and O–H groups in total. The first-order chi connectivity index (χ1) is 12.6. The van der Waals surface area contributed by atoms with Gasteiger partial charge in [-0.3, -0.25) is 4.79 Å². The van der Waals surface area contributed by atoms with Crippen LogP contribution in [0.1, 0.15) is 19.4 Å². The average molecular weight is 431 g/mol. The van der Waals surface area contributed by atoms with Crippen LogP contribution in [0.4, 0.5) is 5.69 Å². The molecule has 0 heterocycles. The van der Waals surface area contributed by atoms with Crippen molar-refractivity contribution in [2.45, 2.75) is 31.7 Å². The van der Waals surface area contributed by atoms with E-state index in [1.165, 1.54) is 31.2 Å². The van der Waals surface area contributed by atoms with E-state index in [1.807, 2.05) is 6.92 Å². The van der Waals surface area contributed by atoms with Gasteiger partial charge in [0.15, 0.2) is 0 Å². The summed E-state index contributed by atoms with van der Waals surface area (Å²) >= 11 is 11.7. The lowest BCUT2D eigenvalue weighted by Gasteiger charge is -2.16. The summed E-state index contributed by atoms with van der Waals surface area (Å²) in [5, 5.41) is 3.23. The molecule has 27 heavy (non-hydrogen) atoms. The van der Waals surface area contributed by atoms with Gasteiger partial charge in [-0.25, -0.2) is 8.42 Å². The molecule has 146 valence electrons. The molecular weight excluding hydrogens is 411 g/mol. The molecule has 0 spiro atoms. The Morgan fingerprint density at radius 2 is 1.85 bits per heavy atom. The fourth-order valence-electron chi connectivity index (χ4n) is 2.29. The fraction of sp³-hybridized carbons (Fsp3) is 0.278. The van der Waals surface area contributed by atoms with Crippen LogP contribution in [0.3, 0.4) is 0 Å². The number of carbonyl (C=O) groups is 1. The Morgan fingerprint density at radius 3 is 2.44 bits per heavy atom. The van der Waals surface area contributed by atoms with Gasteiger partial charge in [0.2, 0.25) is 15.9 Å². The standard InChI is InChI=1S/C18H20Cl2N2O4S/c1-4-26-17-8-6-14(9-11(17)2)27(24,25)22-12(3)18(23)21-13-5-7-15(19)16(20)10-13/h5-10,12,22H,4H2,1-3H3,(H,21,23)/t12-/m0/s1. The molecule has 0 fully saturated rings. The third-order valence-electron chi connectivity index (χ3n) is 3.67. The summed E-state index contributed by atoms with van der Waals surface area (Å²) in [6, 6.07) is 8.12. The van der Waals surface area contributed by atoms with Crippen molar-refractivity contribution >= 4 is 44.8 Å². The Hall–Kier alpha value is -1.80. The number of aryl methyl sites for hydroxylation is 1. The highest BCUT2D eigenvalue weighted by Crippen LogP contribution is 2.25. The summed E-state index contributed by atoms with van der Waals surface area (Å²) < 4.78 is 32.9. The van der Waals surface area contributed by atoms with E-state index in [-0.39, 0.29) is 9.92 Å². The van der Waals surface area contributed by atoms with Crippen LogP contribution in [-0.4, -0.2) is 27.0 Å². The molecule has 0 saturated carbocycles. The molecule has 2 aromatic rings. The highest BCUT2D eigenvalue weighted by Gasteiger charge is 2.23. The number of halogens is 2. The van der Waals surface area contributed by atoms with E-state index in [0.29, 0.717) is 28.6 Å². The van der Waals surface area contributed by atoms with Crippen molar-refractivity contribution in [1.82, 2.24) is 4.72 Å². The van der Waals surface area contributed by atoms with Gasteiger partial charge in [0, 0.05) is 5.69 Å². The van der Waals surface area contributed by atoms with Crippen molar-refractivity contribution < 1.29 is 17.9 Å². The Kier molecular flexibility index (Phi) is 7.11. The number of nitrogens with one attached hydrogen (secondary N) is 2. The first-order valence-electron chi connectivity index (χ1n) is 8.15. The molecule has 6 nitrogen and oxygen atoms in total. The Bertz CT molecular complexity index is 948. The minimum absolute atomic E-state index is 0.0534. The number of rotatable bonds is 7. The lowest BCUT2D eigenvalue weighted by molar-refractivity contribution is -0.117. The number of amides is 1. The molecule has 0 aliphatic carbocycles. The Labute approximate surface area is 168 Å². The zero-order valence-corrected chi connectivity index (χ0v) is 17.4. The summed E-state index contributed by atoms with van der Waals surface area (Å²) in [6.07, 6.45) is 0. The molecule has 2 aromatic carbocycles. The summed E-state index contributed by atoms with van der Waals surface area (Å²) in [4.78, 5) is 12.3. The van der Waals surface area contributed by atoms with Crippen molar-refractivity contribution in [1.29, 1.82) is 0 Å². The van der Waals surface area contributed by atoms with Crippen LogP contribution < -0.4 is 14.8 Å². The molecule has 0 aliphatic rings. The molecular formula is C18H20Cl2N2O4S. The fourth-order valence-corrected chi connectivity index (χ4v) is 3.87. The van der Waals surface area contributed by atoms with Gasteiger partial charge in [-0.05, 0) is 62.7 Å². The lowest BCUT2D eigenvalue weighted by Crippen LogP contribution is -2.41. The van der Waals surface area contributed by atoms with E-state index in [2.05, 4.69) is 10.0 Å².